The Bertz CT molecular complexity index is 426. The standard InChI is InChI=1S/C10H14F3N3O2/c1-6(2)8-7(9(17)18-3)14-15-16(8)5-4-10(11,12)13/h6H,4-5H2,1-3H3. The molecular formula is C10H14F3N3O2. The van der Waals surface area contributed by atoms with Gasteiger partial charge in [0.05, 0.1) is 25.8 Å². The minimum atomic E-state index is -4.27. The molecule has 0 aliphatic heterocycles. The van der Waals surface area contributed by atoms with Gasteiger partial charge in [-0.05, 0) is 5.92 Å². The fourth-order valence-corrected chi connectivity index (χ4v) is 1.53. The summed E-state index contributed by atoms with van der Waals surface area (Å²) in [7, 11) is 1.18. The number of hydrogen-bond acceptors (Lipinski definition) is 4. The lowest BCUT2D eigenvalue weighted by molar-refractivity contribution is -0.137. The Labute approximate surface area is 102 Å². The summed E-state index contributed by atoms with van der Waals surface area (Å²) < 4.78 is 42.1. The molecule has 0 amide bonds. The summed E-state index contributed by atoms with van der Waals surface area (Å²) in [6.07, 6.45) is -5.29. The maximum absolute atomic E-state index is 12.2. The van der Waals surface area contributed by atoms with Gasteiger partial charge in [0.15, 0.2) is 5.69 Å². The summed E-state index contributed by atoms with van der Waals surface area (Å²) in [5.41, 5.74) is 0.320. The third kappa shape index (κ3) is 3.44. The number of carbonyl (C=O) groups is 1. The van der Waals surface area contributed by atoms with Crippen molar-refractivity contribution in [1.82, 2.24) is 15.0 Å². The van der Waals surface area contributed by atoms with Crippen LogP contribution in [0.4, 0.5) is 13.2 Å². The molecule has 0 radical (unpaired) electrons. The average molecular weight is 265 g/mol. The molecule has 8 heteroatoms. The number of ether oxygens (including phenoxy) is 1. The van der Waals surface area contributed by atoms with Gasteiger partial charge in [-0.1, -0.05) is 19.1 Å². The zero-order valence-corrected chi connectivity index (χ0v) is 10.3. The quantitative estimate of drug-likeness (QED) is 0.783. The van der Waals surface area contributed by atoms with Gasteiger partial charge in [0, 0.05) is 0 Å². The molecule has 0 saturated carbocycles. The van der Waals surface area contributed by atoms with Gasteiger partial charge in [-0.3, -0.25) is 0 Å². The lowest BCUT2D eigenvalue weighted by Gasteiger charge is -2.11. The maximum Gasteiger partial charge on any atom is 0.390 e. The van der Waals surface area contributed by atoms with Crippen LogP contribution in [0.2, 0.25) is 0 Å². The van der Waals surface area contributed by atoms with E-state index in [-0.39, 0.29) is 18.2 Å². The molecule has 0 aliphatic rings. The monoisotopic (exact) mass is 265 g/mol. The number of hydrogen-bond donors (Lipinski definition) is 0. The van der Waals surface area contributed by atoms with Gasteiger partial charge in [-0.25, -0.2) is 9.48 Å². The minimum absolute atomic E-state index is 0.0327. The molecule has 0 aromatic carbocycles. The van der Waals surface area contributed by atoms with Crippen molar-refractivity contribution >= 4 is 5.97 Å². The van der Waals surface area contributed by atoms with E-state index in [1.807, 2.05) is 0 Å². The summed E-state index contributed by atoms with van der Waals surface area (Å²) >= 11 is 0. The number of nitrogens with zero attached hydrogens (tertiary/aromatic N) is 3. The van der Waals surface area contributed by atoms with E-state index < -0.39 is 18.6 Å². The second-order valence-corrected chi connectivity index (χ2v) is 4.06. The summed E-state index contributed by atoms with van der Waals surface area (Å²) in [5.74, 6) is -0.876. The Morgan fingerprint density at radius 3 is 2.50 bits per heavy atom. The topological polar surface area (TPSA) is 57.0 Å². The predicted octanol–water partition coefficient (Wildman–Crippen LogP) is 2.14. The van der Waals surface area contributed by atoms with Crippen LogP contribution in [0.3, 0.4) is 0 Å². The first-order valence-corrected chi connectivity index (χ1v) is 5.34. The zero-order chi connectivity index (χ0) is 13.9. The first-order valence-electron chi connectivity index (χ1n) is 5.34. The molecule has 102 valence electrons. The first kappa shape index (κ1) is 14.5. The van der Waals surface area contributed by atoms with Gasteiger partial charge in [-0.2, -0.15) is 13.2 Å². The fraction of sp³-hybridized carbons (Fsp3) is 0.700. The van der Waals surface area contributed by atoms with Crippen molar-refractivity contribution in [3.63, 3.8) is 0 Å². The normalized spacial score (nSPS) is 11.9. The number of alkyl halides is 3. The van der Waals surface area contributed by atoms with Crippen LogP contribution in [0.1, 0.15) is 42.4 Å². The van der Waals surface area contributed by atoms with Gasteiger partial charge in [-0.15, -0.1) is 5.10 Å². The van der Waals surface area contributed by atoms with E-state index in [1.54, 1.807) is 13.8 Å². The van der Waals surface area contributed by atoms with Crippen molar-refractivity contribution in [3.05, 3.63) is 11.4 Å². The Morgan fingerprint density at radius 2 is 2.06 bits per heavy atom. The summed E-state index contributed by atoms with van der Waals surface area (Å²) in [4.78, 5) is 11.4. The fourth-order valence-electron chi connectivity index (χ4n) is 1.53. The number of halogens is 3. The van der Waals surface area contributed by atoms with Crippen molar-refractivity contribution in [3.8, 4) is 0 Å². The highest BCUT2D eigenvalue weighted by atomic mass is 19.4. The molecule has 0 unspecified atom stereocenters. The number of esters is 1. The molecule has 0 spiro atoms. The van der Waals surface area contributed by atoms with Crippen molar-refractivity contribution in [1.29, 1.82) is 0 Å². The van der Waals surface area contributed by atoms with Crippen LogP contribution in [0.15, 0.2) is 0 Å². The number of carbonyl (C=O) groups excluding carboxylic acids is 1. The maximum atomic E-state index is 12.2. The molecule has 5 nitrogen and oxygen atoms in total. The molecule has 18 heavy (non-hydrogen) atoms. The number of rotatable bonds is 4. The van der Waals surface area contributed by atoms with Gasteiger partial charge in [0.2, 0.25) is 0 Å². The van der Waals surface area contributed by atoms with E-state index in [1.165, 1.54) is 7.11 Å². The SMILES string of the molecule is COC(=O)c1nnn(CCC(F)(F)F)c1C(C)C. The van der Waals surface area contributed by atoms with Crippen LogP contribution in [0.25, 0.3) is 0 Å². The van der Waals surface area contributed by atoms with E-state index in [4.69, 9.17) is 0 Å². The number of methoxy groups -OCH3 is 1. The van der Waals surface area contributed by atoms with Crippen LogP contribution in [0, 0.1) is 0 Å². The second-order valence-electron chi connectivity index (χ2n) is 4.06. The highest BCUT2D eigenvalue weighted by Gasteiger charge is 2.29. The third-order valence-electron chi connectivity index (χ3n) is 2.31. The van der Waals surface area contributed by atoms with Crippen LogP contribution in [-0.4, -0.2) is 34.2 Å². The van der Waals surface area contributed by atoms with Crippen LogP contribution < -0.4 is 0 Å². The molecule has 0 aliphatic carbocycles. The van der Waals surface area contributed by atoms with Crippen molar-refractivity contribution in [2.45, 2.75) is 38.9 Å². The van der Waals surface area contributed by atoms with Gasteiger partial charge in [0.25, 0.3) is 0 Å². The molecule has 0 atom stereocenters. The molecule has 1 aromatic rings. The van der Waals surface area contributed by atoms with Crippen molar-refractivity contribution in [2.24, 2.45) is 0 Å². The summed E-state index contributed by atoms with van der Waals surface area (Å²) in [5, 5.41) is 7.16. The Hall–Kier alpha value is -1.60. The molecule has 1 rings (SSSR count). The van der Waals surface area contributed by atoms with Crippen LogP contribution >= 0.6 is 0 Å². The molecule has 0 fully saturated rings. The highest BCUT2D eigenvalue weighted by Crippen LogP contribution is 2.23. The molecular weight excluding hydrogens is 251 g/mol. The lowest BCUT2D eigenvalue weighted by atomic mass is 10.1. The Kier molecular flexibility index (Phi) is 4.31. The minimum Gasteiger partial charge on any atom is -0.464 e. The van der Waals surface area contributed by atoms with Gasteiger partial charge < -0.3 is 4.74 Å². The second kappa shape index (κ2) is 5.36. The Morgan fingerprint density at radius 1 is 1.44 bits per heavy atom. The van der Waals surface area contributed by atoms with E-state index in [9.17, 15) is 18.0 Å². The lowest BCUT2D eigenvalue weighted by Crippen LogP contribution is -2.16. The van der Waals surface area contributed by atoms with Crippen LogP contribution in [-0.2, 0) is 11.3 Å². The number of aromatic nitrogens is 3. The smallest absolute Gasteiger partial charge is 0.390 e. The van der Waals surface area contributed by atoms with E-state index >= 15 is 0 Å². The molecule has 0 N–H and O–H groups in total. The van der Waals surface area contributed by atoms with E-state index in [0.717, 1.165) is 4.68 Å². The molecule has 1 aromatic heterocycles. The predicted molar refractivity (Wildman–Crippen MR) is 56.1 cm³/mol. The third-order valence-corrected chi connectivity index (χ3v) is 2.31. The van der Waals surface area contributed by atoms with Crippen LogP contribution in [0.5, 0.6) is 0 Å². The largest absolute Gasteiger partial charge is 0.464 e. The number of aryl methyl sites for hydroxylation is 1. The highest BCUT2D eigenvalue weighted by molar-refractivity contribution is 5.88. The summed E-state index contributed by atoms with van der Waals surface area (Å²) in [6.45, 7) is 3.13. The zero-order valence-electron chi connectivity index (χ0n) is 10.3. The van der Waals surface area contributed by atoms with E-state index in [0.29, 0.717) is 5.69 Å². The van der Waals surface area contributed by atoms with Crippen molar-refractivity contribution < 1.29 is 22.7 Å². The molecule has 0 saturated heterocycles. The molecule has 0 bridgehead atoms. The van der Waals surface area contributed by atoms with Crippen molar-refractivity contribution in [2.75, 3.05) is 7.11 Å². The van der Waals surface area contributed by atoms with Gasteiger partial charge >= 0.3 is 12.1 Å². The van der Waals surface area contributed by atoms with E-state index in [2.05, 4.69) is 15.0 Å². The first-order chi connectivity index (χ1) is 8.26. The molecule has 1 heterocycles. The van der Waals surface area contributed by atoms with Gasteiger partial charge in [0.1, 0.15) is 0 Å². The summed E-state index contributed by atoms with van der Waals surface area (Å²) in [6, 6.07) is 0. The Balaban J connectivity index is 2.99. The average Bonchev–Trinajstić information content (AvgIpc) is 2.68.